The molecule has 2 aromatic rings. The summed E-state index contributed by atoms with van der Waals surface area (Å²) in [6.07, 6.45) is 0. The van der Waals surface area contributed by atoms with Crippen molar-refractivity contribution in [1.82, 2.24) is 5.32 Å². The fraction of sp³-hybridized carbons (Fsp3) is 0.222. The van der Waals surface area contributed by atoms with E-state index in [1.807, 2.05) is 24.3 Å². The van der Waals surface area contributed by atoms with E-state index in [0.29, 0.717) is 5.69 Å². The van der Waals surface area contributed by atoms with E-state index >= 15 is 0 Å². The molecule has 0 saturated heterocycles. The predicted molar refractivity (Wildman–Crippen MR) is 97.3 cm³/mol. The van der Waals surface area contributed by atoms with E-state index in [-0.39, 0.29) is 5.91 Å². The number of carbonyl (C=O) groups is 2. The average Bonchev–Trinajstić information content (AvgIpc) is 2.52. The Bertz CT molecular complexity index is 744. The Kier molecular flexibility index (Phi) is 5.87. The molecule has 0 aliphatic heterocycles. The first-order valence-electron chi connectivity index (χ1n) is 7.57. The zero-order valence-electron chi connectivity index (χ0n) is 13.9. The minimum absolute atomic E-state index is 0.316. The van der Waals surface area contributed by atoms with Crippen molar-refractivity contribution in [3.63, 3.8) is 0 Å². The van der Waals surface area contributed by atoms with Crippen LogP contribution in [0.15, 0.2) is 52.3 Å². The quantitative estimate of drug-likeness (QED) is 0.777. The van der Waals surface area contributed by atoms with Gasteiger partial charge in [0, 0.05) is 15.5 Å². The molecule has 24 heavy (non-hydrogen) atoms. The molecule has 0 aliphatic carbocycles. The van der Waals surface area contributed by atoms with E-state index in [4.69, 9.17) is 5.73 Å². The van der Waals surface area contributed by atoms with Crippen molar-refractivity contribution < 1.29 is 9.59 Å². The van der Waals surface area contributed by atoms with Gasteiger partial charge >= 0.3 is 6.03 Å². The first kappa shape index (κ1) is 17.9. The van der Waals surface area contributed by atoms with Crippen LogP contribution >= 0.6 is 11.8 Å². The standard InChI is InChI=1S/C18H21N3O2S/c1-11-4-5-12(2)16(10-11)24-15-8-6-14(7-9-15)21-17(22)13(3)20-18(19)23/h4-10,13H,1-3H3,(H,21,22)(H3,19,20,23)/t13-/m0/s1. The summed E-state index contributed by atoms with van der Waals surface area (Å²) in [5.74, 6) is -0.316. The first-order valence-corrected chi connectivity index (χ1v) is 8.39. The number of amides is 3. The second kappa shape index (κ2) is 7.88. The summed E-state index contributed by atoms with van der Waals surface area (Å²) in [4.78, 5) is 25.0. The van der Waals surface area contributed by atoms with E-state index in [0.717, 1.165) is 4.90 Å². The van der Waals surface area contributed by atoms with Gasteiger partial charge in [-0.15, -0.1) is 0 Å². The normalized spacial score (nSPS) is 11.6. The fourth-order valence-corrected chi connectivity index (χ4v) is 3.08. The average molecular weight is 343 g/mol. The van der Waals surface area contributed by atoms with Crippen molar-refractivity contribution in [3.8, 4) is 0 Å². The minimum Gasteiger partial charge on any atom is -0.352 e. The number of primary amides is 1. The summed E-state index contributed by atoms with van der Waals surface area (Å²) >= 11 is 1.68. The second-order valence-corrected chi connectivity index (χ2v) is 6.73. The van der Waals surface area contributed by atoms with Gasteiger partial charge in [-0.1, -0.05) is 23.9 Å². The van der Waals surface area contributed by atoms with Crippen LogP contribution in [0.2, 0.25) is 0 Å². The number of rotatable bonds is 5. The maximum atomic E-state index is 11.9. The molecule has 3 amide bonds. The smallest absolute Gasteiger partial charge is 0.312 e. The Morgan fingerprint density at radius 3 is 2.38 bits per heavy atom. The largest absolute Gasteiger partial charge is 0.352 e. The molecule has 5 nitrogen and oxygen atoms in total. The number of nitrogens with one attached hydrogen (secondary N) is 2. The number of aryl methyl sites for hydroxylation is 2. The van der Waals surface area contributed by atoms with Crippen LogP contribution in [-0.2, 0) is 4.79 Å². The number of hydrogen-bond donors (Lipinski definition) is 3. The molecule has 0 saturated carbocycles. The maximum Gasteiger partial charge on any atom is 0.312 e. The van der Waals surface area contributed by atoms with Crippen molar-refractivity contribution >= 4 is 29.4 Å². The van der Waals surface area contributed by atoms with E-state index in [2.05, 4.69) is 42.7 Å². The van der Waals surface area contributed by atoms with Gasteiger partial charge in [0.1, 0.15) is 6.04 Å². The first-order chi connectivity index (χ1) is 11.3. The molecule has 2 aromatic carbocycles. The second-order valence-electron chi connectivity index (χ2n) is 5.61. The SMILES string of the molecule is Cc1ccc(C)c(Sc2ccc(NC(=O)[C@H](C)NC(N)=O)cc2)c1. The molecule has 0 aromatic heterocycles. The van der Waals surface area contributed by atoms with E-state index in [1.54, 1.807) is 18.7 Å². The van der Waals surface area contributed by atoms with Crippen molar-refractivity contribution in [3.05, 3.63) is 53.6 Å². The highest BCUT2D eigenvalue weighted by Crippen LogP contribution is 2.31. The number of carbonyl (C=O) groups excluding carboxylic acids is 2. The van der Waals surface area contributed by atoms with Gasteiger partial charge in [0.15, 0.2) is 0 Å². The monoisotopic (exact) mass is 343 g/mol. The van der Waals surface area contributed by atoms with Crippen molar-refractivity contribution in [1.29, 1.82) is 0 Å². The summed E-state index contributed by atoms with van der Waals surface area (Å²) < 4.78 is 0. The Labute approximate surface area is 146 Å². The fourth-order valence-electron chi connectivity index (χ4n) is 2.08. The lowest BCUT2D eigenvalue weighted by atomic mass is 10.2. The van der Waals surface area contributed by atoms with E-state index in [9.17, 15) is 9.59 Å². The van der Waals surface area contributed by atoms with Crippen LogP contribution in [0, 0.1) is 13.8 Å². The van der Waals surface area contributed by atoms with Gasteiger partial charge in [-0.05, 0) is 62.2 Å². The van der Waals surface area contributed by atoms with Crippen LogP contribution in [0.1, 0.15) is 18.1 Å². The molecule has 2 rings (SSSR count). The Balaban J connectivity index is 2.01. The summed E-state index contributed by atoms with van der Waals surface area (Å²) in [6, 6.07) is 12.5. The number of urea groups is 1. The van der Waals surface area contributed by atoms with Gasteiger partial charge < -0.3 is 16.4 Å². The molecule has 0 fully saturated rings. The van der Waals surface area contributed by atoms with Crippen LogP contribution in [0.5, 0.6) is 0 Å². The van der Waals surface area contributed by atoms with Crippen molar-refractivity contribution in [2.24, 2.45) is 5.73 Å². The molecule has 126 valence electrons. The number of nitrogens with two attached hydrogens (primary N) is 1. The molecule has 1 atom stereocenters. The summed E-state index contributed by atoms with van der Waals surface area (Å²) in [6.45, 7) is 5.73. The molecule has 4 N–H and O–H groups in total. The molecule has 0 radical (unpaired) electrons. The lowest BCUT2D eigenvalue weighted by Crippen LogP contribution is -2.44. The van der Waals surface area contributed by atoms with Crippen LogP contribution in [0.4, 0.5) is 10.5 Å². The highest BCUT2D eigenvalue weighted by Gasteiger charge is 2.14. The van der Waals surface area contributed by atoms with Crippen LogP contribution in [-0.4, -0.2) is 18.0 Å². The zero-order valence-corrected chi connectivity index (χ0v) is 14.7. The van der Waals surface area contributed by atoms with Gasteiger partial charge in [0.25, 0.3) is 0 Å². The van der Waals surface area contributed by atoms with E-state index in [1.165, 1.54) is 16.0 Å². The van der Waals surface area contributed by atoms with Gasteiger partial charge in [0.05, 0.1) is 0 Å². The van der Waals surface area contributed by atoms with E-state index < -0.39 is 12.1 Å². The van der Waals surface area contributed by atoms with Crippen molar-refractivity contribution in [2.75, 3.05) is 5.32 Å². The third kappa shape index (κ3) is 5.03. The molecular formula is C18H21N3O2S. The molecular weight excluding hydrogens is 322 g/mol. The van der Waals surface area contributed by atoms with Gasteiger partial charge in [-0.2, -0.15) is 0 Å². The van der Waals surface area contributed by atoms with Gasteiger partial charge in [-0.3, -0.25) is 4.79 Å². The number of benzene rings is 2. The molecule has 0 spiro atoms. The maximum absolute atomic E-state index is 11.9. The van der Waals surface area contributed by atoms with Crippen LogP contribution < -0.4 is 16.4 Å². The summed E-state index contributed by atoms with van der Waals surface area (Å²) in [5, 5.41) is 5.08. The number of hydrogen-bond acceptors (Lipinski definition) is 3. The zero-order chi connectivity index (χ0) is 17.7. The lowest BCUT2D eigenvalue weighted by molar-refractivity contribution is -0.117. The summed E-state index contributed by atoms with van der Waals surface area (Å²) in [7, 11) is 0. The van der Waals surface area contributed by atoms with Crippen LogP contribution in [0.25, 0.3) is 0 Å². The Morgan fingerprint density at radius 1 is 1.08 bits per heavy atom. The Hall–Kier alpha value is -2.47. The predicted octanol–water partition coefficient (Wildman–Crippen LogP) is 3.45. The van der Waals surface area contributed by atoms with Crippen molar-refractivity contribution in [2.45, 2.75) is 36.6 Å². The third-order valence-corrected chi connectivity index (χ3v) is 4.61. The Morgan fingerprint density at radius 2 is 1.75 bits per heavy atom. The third-order valence-electron chi connectivity index (χ3n) is 3.45. The van der Waals surface area contributed by atoms with Gasteiger partial charge in [-0.25, -0.2) is 4.79 Å². The highest BCUT2D eigenvalue weighted by molar-refractivity contribution is 7.99. The highest BCUT2D eigenvalue weighted by atomic mass is 32.2. The molecule has 0 unspecified atom stereocenters. The number of anilines is 1. The topological polar surface area (TPSA) is 84.2 Å². The molecule has 0 aliphatic rings. The molecule has 0 bridgehead atoms. The van der Waals surface area contributed by atoms with Gasteiger partial charge in [0.2, 0.25) is 5.91 Å². The minimum atomic E-state index is -0.724. The summed E-state index contributed by atoms with van der Waals surface area (Å²) in [5.41, 5.74) is 8.13. The molecule has 6 heteroatoms. The van der Waals surface area contributed by atoms with Crippen LogP contribution in [0.3, 0.4) is 0 Å². The lowest BCUT2D eigenvalue weighted by Gasteiger charge is -2.13. The molecule has 0 heterocycles.